The van der Waals surface area contributed by atoms with Crippen molar-refractivity contribution in [3.8, 4) is 0 Å². The van der Waals surface area contributed by atoms with E-state index in [1.54, 1.807) is 0 Å². The minimum Gasteiger partial charge on any atom is -2.00 e. The standard InChI is InChI=1S/C13H15N3O5S2.O.Tc/c17-10(6-22)14-1-2-15-13(23)16-9-4-7(11(18)19)3-8(5-9)12(20)21;;/h3-5,22H,1-2,6H2,(H,14,17)(H,18,19)(H,20,21)(H2,15,16,23);;/q;-2;+6/i;;1+1. The zero-order chi connectivity index (χ0) is 17.4. The summed E-state index contributed by atoms with van der Waals surface area (Å²) < 4.78 is 0. The molecule has 0 spiro atoms. The second-order valence-corrected chi connectivity index (χ2v) is 5.02. The summed E-state index contributed by atoms with van der Waals surface area (Å²) in [5, 5.41) is 26.2. The summed E-state index contributed by atoms with van der Waals surface area (Å²) in [5.41, 5.74) is -0.105. The summed E-state index contributed by atoms with van der Waals surface area (Å²) >= 11 is 8.83. The first-order valence-electron chi connectivity index (χ1n) is 6.37. The van der Waals surface area contributed by atoms with E-state index < -0.39 is 11.9 Å². The van der Waals surface area contributed by atoms with Gasteiger partial charge in [-0.15, -0.1) is 0 Å². The number of carboxylic acids is 2. The third kappa shape index (κ3) is 9.36. The molecule has 0 heterocycles. The normalized spacial score (nSPS) is 9.00. The first-order chi connectivity index (χ1) is 10.8. The zero-order valence-electron chi connectivity index (χ0n) is 12.6. The maximum Gasteiger partial charge on any atom is 6.00 e. The fourth-order valence-electron chi connectivity index (χ4n) is 1.56. The Kier molecular flexibility index (Phi) is 12.9. The minimum absolute atomic E-state index is 0. The van der Waals surface area contributed by atoms with Crippen LogP contribution in [0.4, 0.5) is 5.69 Å². The van der Waals surface area contributed by atoms with Crippen molar-refractivity contribution >= 4 is 53.5 Å². The van der Waals surface area contributed by atoms with Crippen molar-refractivity contribution in [1.29, 1.82) is 0 Å². The van der Waals surface area contributed by atoms with Gasteiger partial charge >= 0.3 is 32.0 Å². The van der Waals surface area contributed by atoms with E-state index in [2.05, 4.69) is 28.6 Å². The molecule has 0 aromatic heterocycles. The number of benzene rings is 1. The van der Waals surface area contributed by atoms with Gasteiger partial charge in [-0.3, -0.25) is 4.79 Å². The van der Waals surface area contributed by atoms with Crippen LogP contribution in [0.2, 0.25) is 0 Å². The van der Waals surface area contributed by atoms with Gasteiger partial charge in [-0.25, -0.2) is 9.59 Å². The van der Waals surface area contributed by atoms with Crippen LogP contribution in [0.25, 0.3) is 0 Å². The number of carbonyl (C=O) groups excluding carboxylic acids is 1. The van der Waals surface area contributed by atoms with Crippen LogP contribution in [0.15, 0.2) is 18.2 Å². The average molecular weight is 472 g/mol. The molecule has 1 amide bonds. The van der Waals surface area contributed by atoms with Crippen LogP contribution < -0.4 is 16.0 Å². The van der Waals surface area contributed by atoms with E-state index >= 15 is 0 Å². The molecule has 0 aliphatic carbocycles. The van der Waals surface area contributed by atoms with Crippen LogP contribution in [0, 0.1) is 0 Å². The molecule has 25 heavy (non-hydrogen) atoms. The van der Waals surface area contributed by atoms with Crippen LogP contribution in [-0.4, -0.2) is 52.0 Å². The quantitative estimate of drug-likeness (QED) is 0.188. The molecule has 0 saturated carbocycles. The van der Waals surface area contributed by atoms with Gasteiger partial charge in [-0.05, 0) is 30.4 Å². The topological polar surface area (TPSA) is 156 Å². The van der Waals surface area contributed by atoms with Gasteiger partial charge in [0.1, 0.15) is 0 Å². The molecule has 0 saturated heterocycles. The SMILES string of the molecule is O=C(CS)NCCNC(=S)Nc1cc(C(=O)O)cc(C(=O)O)c1.[99Tc+6].[O-2]. The fourth-order valence-corrected chi connectivity index (χ4v) is 1.89. The van der Waals surface area contributed by atoms with Crippen LogP contribution in [-0.2, 0) is 30.4 Å². The van der Waals surface area contributed by atoms with Crippen molar-refractivity contribution < 1.29 is 50.2 Å². The van der Waals surface area contributed by atoms with E-state index in [-0.39, 0.29) is 59.2 Å². The number of thiocarbonyl (C=S) groups is 1. The van der Waals surface area contributed by atoms with Gasteiger partial charge in [0.05, 0.1) is 16.9 Å². The number of amides is 1. The van der Waals surface area contributed by atoms with E-state index in [0.29, 0.717) is 13.1 Å². The van der Waals surface area contributed by atoms with Gasteiger partial charge in [0.15, 0.2) is 5.11 Å². The monoisotopic (exact) mass is 472 g/mol. The van der Waals surface area contributed by atoms with Gasteiger partial charge in [0.2, 0.25) is 5.91 Å². The van der Waals surface area contributed by atoms with Crippen LogP contribution in [0.5, 0.6) is 0 Å². The molecule has 1 radical (unpaired) electrons. The second-order valence-electron chi connectivity index (χ2n) is 4.30. The van der Waals surface area contributed by atoms with Crippen LogP contribution >= 0.6 is 24.8 Å². The van der Waals surface area contributed by atoms with Gasteiger partial charge in [-0.2, -0.15) is 12.6 Å². The number of hydrogen-bond acceptors (Lipinski definition) is 5. The Balaban J connectivity index is 0. The molecular weight excluding hydrogens is 457 g/mol. The molecule has 12 heteroatoms. The Morgan fingerprint density at radius 2 is 1.48 bits per heavy atom. The zero-order valence-corrected chi connectivity index (χ0v) is 16.2. The molecule has 0 aliphatic rings. The Bertz CT molecular complexity index is 612. The van der Waals surface area contributed by atoms with E-state index in [1.165, 1.54) is 12.1 Å². The molecule has 1 aromatic carbocycles. The Labute approximate surface area is 167 Å². The Morgan fingerprint density at radius 1 is 1.00 bits per heavy atom. The summed E-state index contributed by atoms with van der Waals surface area (Å²) in [6, 6.07) is 3.59. The molecule has 1 rings (SSSR count). The molecule has 133 valence electrons. The number of carboxylic acid groups (broad SMARTS) is 2. The van der Waals surface area contributed by atoms with Gasteiger partial charge in [0, 0.05) is 18.8 Å². The maximum absolute atomic E-state index is 11.0. The second kappa shape index (κ2) is 12.6. The summed E-state index contributed by atoms with van der Waals surface area (Å²) in [7, 11) is 0. The number of hydrogen-bond donors (Lipinski definition) is 6. The number of anilines is 1. The number of thiol groups is 1. The average Bonchev–Trinajstić information content (AvgIpc) is 2.50. The smallest absolute Gasteiger partial charge is 2.00 e. The predicted octanol–water partition coefficient (Wildman–Crippen LogP) is 0.294. The third-order valence-corrected chi connectivity index (χ3v) is 3.09. The van der Waals surface area contributed by atoms with Crippen LogP contribution in [0.3, 0.4) is 0 Å². The van der Waals surface area contributed by atoms with E-state index in [0.717, 1.165) is 6.07 Å². The maximum atomic E-state index is 11.0. The van der Waals surface area contributed by atoms with Crippen molar-refractivity contribution in [3.63, 3.8) is 0 Å². The molecule has 5 N–H and O–H groups in total. The summed E-state index contributed by atoms with van der Waals surface area (Å²) in [5.74, 6) is -2.62. The molecule has 1 aromatic rings. The van der Waals surface area contributed by atoms with Crippen molar-refractivity contribution in [3.05, 3.63) is 29.3 Å². The molecule has 0 aliphatic heterocycles. The molecule has 0 unspecified atom stereocenters. The summed E-state index contributed by atoms with van der Waals surface area (Å²) in [4.78, 5) is 33.0. The predicted molar refractivity (Wildman–Crippen MR) is 92.1 cm³/mol. The van der Waals surface area contributed by atoms with Crippen molar-refractivity contribution in [2.45, 2.75) is 0 Å². The molecular formula is C13H15N3O6S2Tc+4. The van der Waals surface area contributed by atoms with E-state index in [9.17, 15) is 14.4 Å². The Hall–Kier alpha value is -1.72. The first kappa shape index (κ1) is 25.5. The Morgan fingerprint density at radius 3 is 1.92 bits per heavy atom. The van der Waals surface area contributed by atoms with Gasteiger partial charge in [0.25, 0.3) is 0 Å². The molecule has 0 bridgehead atoms. The number of aromatic carboxylic acids is 2. The number of rotatable bonds is 7. The molecule has 9 nitrogen and oxygen atoms in total. The first-order valence-corrected chi connectivity index (χ1v) is 7.41. The summed E-state index contributed by atoms with van der Waals surface area (Å²) in [6.45, 7) is 0.673. The fraction of sp³-hybridized carbons (Fsp3) is 0.231. The minimum atomic E-state index is -1.25. The van der Waals surface area contributed by atoms with Crippen molar-refractivity contribution in [2.75, 3.05) is 24.2 Å². The van der Waals surface area contributed by atoms with Crippen molar-refractivity contribution in [2.24, 2.45) is 0 Å². The summed E-state index contributed by atoms with van der Waals surface area (Å²) in [6.07, 6.45) is 0. The van der Waals surface area contributed by atoms with E-state index in [1.807, 2.05) is 0 Å². The third-order valence-electron chi connectivity index (χ3n) is 2.56. The van der Waals surface area contributed by atoms with Gasteiger partial charge in [-0.1, -0.05) is 0 Å². The van der Waals surface area contributed by atoms with Gasteiger partial charge < -0.3 is 31.6 Å². The molecule has 0 fully saturated rings. The van der Waals surface area contributed by atoms with Crippen molar-refractivity contribution in [1.82, 2.24) is 10.6 Å². The molecule has 0 atom stereocenters. The number of carbonyl (C=O) groups is 3. The number of nitrogens with one attached hydrogen (secondary N) is 3. The largest absolute Gasteiger partial charge is 6.00 e. The van der Waals surface area contributed by atoms with E-state index in [4.69, 9.17) is 22.4 Å². The van der Waals surface area contributed by atoms with Crippen LogP contribution in [0.1, 0.15) is 20.7 Å².